The molecule has 18 heavy (non-hydrogen) atoms. The van der Waals surface area contributed by atoms with Crippen LogP contribution < -0.4 is 5.32 Å². The summed E-state index contributed by atoms with van der Waals surface area (Å²) in [5, 5.41) is 12.6. The lowest BCUT2D eigenvalue weighted by Crippen LogP contribution is -2.35. The number of carboxylic acid groups (broad SMARTS) is 1. The molecular formula is C15H25NO2. The molecule has 0 aromatic carbocycles. The minimum atomic E-state index is -0.587. The van der Waals surface area contributed by atoms with Crippen LogP contribution in [-0.4, -0.2) is 24.2 Å². The standard InChI is InChI=1S/C15H25NO2/c17-15(18)14-9-16-8-13(14)12-6-5-10-3-1-2-4-11(10)7-12/h10-14,16H,1-9H2,(H,17,18). The van der Waals surface area contributed by atoms with Crippen LogP contribution in [0.15, 0.2) is 0 Å². The van der Waals surface area contributed by atoms with Gasteiger partial charge in [0.2, 0.25) is 0 Å². The minimum absolute atomic E-state index is 0.129. The van der Waals surface area contributed by atoms with Gasteiger partial charge in [0, 0.05) is 6.54 Å². The Labute approximate surface area is 109 Å². The van der Waals surface area contributed by atoms with Crippen LogP contribution >= 0.6 is 0 Å². The van der Waals surface area contributed by atoms with Gasteiger partial charge in [0.15, 0.2) is 0 Å². The number of hydrogen-bond donors (Lipinski definition) is 2. The summed E-state index contributed by atoms with van der Waals surface area (Å²) in [7, 11) is 0. The number of rotatable bonds is 2. The van der Waals surface area contributed by atoms with E-state index in [1.54, 1.807) is 0 Å². The van der Waals surface area contributed by atoms with E-state index in [4.69, 9.17) is 0 Å². The van der Waals surface area contributed by atoms with Gasteiger partial charge in [-0.25, -0.2) is 0 Å². The first-order valence-electron chi connectivity index (χ1n) is 7.69. The molecule has 3 fully saturated rings. The van der Waals surface area contributed by atoms with Crippen LogP contribution in [0.3, 0.4) is 0 Å². The number of carbonyl (C=O) groups is 1. The first kappa shape index (κ1) is 12.5. The smallest absolute Gasteiger partial charge is 0.308 e. The summed E-state index contributed by atoms with van der Waals surface area (Å²) in [5.41, 5.74) is 0. The van der Waals surface area contributed by atoms with Crippen LogP contribution in [0.4, 0.5) is 0 Å². The number of carboxylic acids is 1. The zero-order valence-corrected chi connectivity index (χ0v) is 11.1. The molecule has 1 aliphatic heterocycles. The summed E-state index contributed by atoms with van der Waals surface area (Å²) in [6, 6.07) is 0. The lowest BCUT2D eigenvalue weighted by molar-refractivity contribution is -0.143. The third-order valence-corrected chi connectivity index (χ3v) is 5.76. The molecular weight excluding hydrogens is 226 g/mol. The molecule has 0 spiro atoms. The van der Waals surface area contributed by atoms with Gasteiger partial charge in [0.05, 0.1) is 5.92 Å². The van der Waals surface area contributed by atoms with Crippen LogP contribution in [-0.2, 0) is 4.79 Å². The fourth-order valence-corrected chi connectivity index (χ4v) is 4.76. The van der Waals surface area contributed by atoms with Crippen molar-refractivity contribution in [2.45, 2.75) is 44.9 Å². The van der Waals surface area contributed by atoms with E-state index in [1.165, 1.54) is 44.9 Å². The molecule has 3 nitrogen and oxygen atoms in total. The summed E-state index contributed by atoms with van der Waals surface area (Å²) in [6.07, 6.45) is 9.60. The van der Waals surface area contributed by atoms with Crippen molar-refractivity contribution in [1.82, 2.24) is 5.32 Å². The van der Waals surface area contributed by atoms with Gasteiger partial charge in [-0.3, -0.25) is 4.79 Å². The Kier molecular flexibility index (Phi) is 3.60. The zero-order chi connectivity index (χ0) is 12.5. The molecule has 3 aliphatic rings. The number of hydrogen-bond acceptors (Lipinski definition) is 2. The van der Waals surface area contributed by atoms with E-state index in [1.807, 2.05) is 0 Å². The van der Waals surface area contributed by atoms with Crippen LogP contribution in [0.5, 0.6) is 0 Å². The summed E-state index contributed by atoms with van der Waals surface area (Å²) in [4.78, 5) is 11.3. The summed E-state index contributed by atoms with van der Waals surface area (Å²) >= 11 is 0. The average Bonchev–Trinajstić information content (AvgIpc) is 2.87. The van der Waals surface area contributed by atoms with Gasteiger partial charge >= 0.3 is 5.97 Å². The highest BCUT2D eigenvalue weighted by Gasteiger charge is 2.42. The Balaban J connectivity index is 1.64. The molecule has 1 saturated heterocycles. The average molecular weight is 251 g/mol. The molecule has 0 amide bonds. The molecule has 0 aromatic heterocycles. The van der Waals surface area contributed by atoms with Crippen molar-refractivity contribution in [2.24, 2.45) is 29.6 Å². The van der Waals surface area contributed by atoms with Crippen molar-refractivity contribution in [2.75, 3.05) is 13.1 Å². The Morgan fingerprint density at radius 2 is 1.67 bits per heavy atom. The van der Waals surface area contributed by atoms with Crippen LogP contribution in [0.2, 0.25) is 0 Å². The van der Waals surface area contributed by atoms with E-state index in [0.29, 0.717) is 18.4 Å². The fourth-order valence-electron chi connectivity index (χ4n) is 4.76. The van der Waals surface area contributed by atoms with E-state index < -0.39 is 5.97 Å². The normalized spacial score (nSPS) is 44.6. The Hall–Kier alpha value is -0.570. The minimum Gasteiger partial charge on any atom is -0.481 e. The Morgan fingerprint density at radius 3 is 2.44 bits per heavy atom. The van der Waals surface area contributed by atoms with E-state index in [9.17, 15) is 9.90 Å². The molecule has 0 bridgehead atoms. The van der Waals surface area contributed by atoms with Gasteiger partial charge in [0.1, 0.15) is 0 Å². The molecule has 2 saturated carbocycles. The lowest BCUT2D eigenvalue weighted by Gasteiger charge is -2.41. The van der Waals surface area contributed by atoms with Gasteiger partial charge in [0.25, 0.3) is 0 Å². The van der Waals surface area contributed by atoms with Crippen LogP contribution in [0.25, 0.3) is 0 Å². The third-order valence-electron chi connectivity index (χ3n) is 5.76. The fraction of sp³-hybridized carbons (Fsp3) is 0.933. The van der Waals surface area contributed by atoms with E-state index in [0.717, 1.165) is 18.4 Å². The predicted octanol–water partition coefficient (Wildman–Crippen LogP) is 2.51. The zero-order valence-electron chi connectivity index (χ0n) is 11.1. The maximum absolute atomic E-state index is 11.3. The molecule has 3 rings (SSSR count). The van der Waals surface area contributed by atoms with Gasteiger partial charge in [-0.15, -0.1) is 0 Å². The van der Waals surface area contributed by atoms with Crippen molar-refractivity contribution < 1.29 is 9.90 Å². The van der Waals surface area contributed by atoms with Crippen molar-refractivity contribution >= 4 is 5.97 Å². The highest BCUT2D eigenvalue weighted by molar-refractivity contribution is 5.71. The molecule has 3 heteroatoms. The number of fused-ring (bicyclic) bond motifs is 1. The molecule has 1 heterocycles. The number of nitrogens with one attached hydrogen (secondary N) is 1. The molecule has 5 atom stereocenters. The topological polar surface area (TPSA) is 49.3 Å². The summed E-state index contributed by atoms with van der Waals surface area (Å²) in [5.74, 6) is 2.22. The highest BCUT2D eigenvalue weighted by atomic mass is 16.4. The largest absolute Gasteiger partial charge is 0.481 e. The molecule has 2 N–H and O–H groups in total. The first-order valence-corrected chi connectivity index (χ1v) is 7.69. The van der Waals surface area contributed by atoms with Crippen LogP contribution in [0.1, 0.15) is 44.9 Å². The molecule has 0 aromatic rings. The van der Waals surface area contributed by atoms with Crippen LogP contribution in [0, 0.1) is 29.6 Å². The first-order chi connectivity index (χ1) is 8.75. The maximum Gasteiger partial charge on any atom is 0.308 e. The predicted molar refractivity (Wildman–Crippen MR) is 70.3 cm³/mol. The van der Waals surface area contributed by atoms with Gasteiger partial charge in [-0.2, -0.15) is 0 Å². The van der Waals surface area contributed by atoms with Gasteiger partial charge in [-0.05, 0) is 49.5 Å². The van der Waals surface area contributed by atoms with Gasteiger partial charge in [-0.1, -0.05) is 25.7 Å². The van der Waals surface area contributed by atoms with Crippen molar-refractivity contribution in [3.8, 4) is 0 Å². The summed E-state index contributed by atoms with van der Waals surface area (Å²) < 4.78 is 0. The molecule has 5 unspecified atom stereocenters. The van der Waals surface area contributed by atoms with Crippen molar-refractivity contribution in [1.29, 1.82) is 0 Å². The van der Waals surface area contributed by atoms with E-state index in [-0.39, 0.29) is 5.92 Å². The quantitative estimate of drug-likeness (QED) is 0.793. The molecule has 102 valence electrons. The molecule has 2 aliphatic carbocycles. The maximum atomic E-state index is 11.3. The van der Waals surface area contributed by atoms with Crippen molar-refractivity contribution in [3.63, 3.8) is 0 Å². The van der Waals surface area contributed by atoms with E-state index >= 15 is 0 Å². The third kappa shape index (κ3) is 2.29. The van der Waals surface area contributed by atoms with Gasteiger partial charge < -0.3 is 10.4 Å². The summed E-state index contributed by atoms with van der Waals surface area (Å²) in [6.45, 7) is 1.61. The number of aliphatic carboxylic acids is 1. The lowest BCUT2D eigenvalue weighted by atomic mass is 9.64. The SMILES string of the molecule is O=C(O)C1CNCC1C1CCC2CCCCC2C1. The second kappa shape index (κ2) is 5.20. The second-order valence-corrected chi connectivity index (χ2v) is 6.64. The second-order valence-electron chi connectivity index (χ2n) is 6.64. The van der Waals surface area contributed by atoms with Crippen molar-refractivity contribution in [3.05, 3.63) is 0 Å². The monoisotopic (exact) mass is 251 g/mol. The highest BCUT2D eigenvalue weighted by Crippen LogP contribution is 2.46. The Bertz CT molecular complexity index is 318. The molecule has 0 radical (unpaired) electrons. The Morgan fingerprint density at radius 1 is 0.944 bits per heavy atom. The van der Waals surface area contributed by atoms with E-state index in [2.05, 4.69) is 5.32 Å².